The minimum absolute atomic E-state index is 0.115. The summed E-state index contributed by atoms with van der Waals surface area (Å²) in [6.45, 7) is 2.05. The highest BCUT2D eigenvalue weighted by atomic mass is 35.5. The predicted octanol–water partition coefficient (Wildman–Crippen LogP) is 1.75. The molecule has 0 aromatic heterocycles. The number of benzene rings is 1. The van der Waals surface area contributed by atoms with Gasteiger partial charge in [0.2, 0.25) is 10.0 Å². The van der Waals surface area contributed by atoms with Crippen molar-refractivity contribution in [3.63, 3.8) is 0 Å². The standard InChI is InChI=1S/C13H16Cl2N2O3S/c1-21(19,20)17-6-4-16(5-7-17)9-13(18)11-8-10(14)2-3-12(11)15/h2-3,8H,4-7,9H2,1H3. The number of ketones is 1. The van der Waals surface area contributed by atoms with Crippen LogP contribution in [0.5, 0.6) is 0 Å². The molecule has 5 nitrogen and oxygen atoms in total. The summed E-state index contributed by atoms with van der Waals surface area (Å²) in [5.74, 6) is -0.115. The van der Waals surface area contributed by atoms with Gasteiger partial charge in [0, 0.05) is 36.8 Å². The van der Waals surface area contributed by atoms with Crippen LogP contribution in [-0.2, 0) is 10.0 Å². The Morgan fingerprint density at radius 3 is 2.38 bits per heavy atom. The van der Waals surface area contributed by atoms with Gasteiger partial charge in [-0.1, -0.05) is 23.2 Å². The predicted molar refractivity (Wildman–Crippen MR) is 83.6 cm³/mol. The fourth-order valence-electron chi connectivity index (χ4n) is 2.22. The van der Waals surface area contributed by atoms with Gasteiger partial charge in [-0.15, -0.1) is 0 Å². The van der Waals surface area contributed by atoms with Gasteiger partial charge in [0.05, 0.1) is 17.8 Å². The molecule has 0 unspecified atom stereocenters. The van der Waals surface area contributed by atoms with Crippen LogP contribution in [0.1, 0.15) is 10.4 Å². The molecule has 0 saturated carbocycles. The van der Waals surface area contributed by atoms with E-state index < -0.39 is 10.0 Å². The number of piperazine rings is 1. The van der Waals surface area contributed by atoms with Crippen molar-refractivity contribution in [3.8, 4) is 0 Å². The molecule has 0 amide bonds. The van der Waals surface area contributed by atoms with Gasteiger partial charge in [-0.2, -0.15) is 4.31 Å². The van der Waals surface area contributed by atoms with Crippen LogP contribution in [0.4, 0.5) is 0 Å². The largest absolute Gasteiger partial charge is 0.293 e. The fraction of sp³-hybridized carbons (Fsp3) is 0.462. The van der Waals surface area contributed by atoms with Gasteiger partial charge in [-0.25, -0.2) is 8.42 Å². The number of nitrogens with zero attached hydrogens (tertiary/aromatic N) is 2. The molecule has 0 atom stereocenters. The van der Waals surface area contributed by atoms with Crippen LogP contribution in [0.15, 0.2) is 18.2 Å². The fourth-order valence-corrected chi connectivity index (χ4v) is 3.44. The van der Waals surface area contributed by atoms with E-state index in [-0.39, 0.29) is 12.3 Å². The molecule has 1 aromatic rings. The van der Waals surface area contributed by atoms with Gasteiger partial charge in [0.25, 0.3) is 0 Å². The molecule has 2 rings (SSSR count). The van der Waals surface area contributed by atoms with E-state index in [0.717, 1.165) is 0 Å². The highest BCUT2D eigenvalue weighted by molar-refractivity contribution is 7.88. The lowest BCUT2D eigenvalue weighted by Gasteiger charge is -2.32. The van der Waals surface area contributed by atoms with E-state index in [1.165, 1.54) is 10.6 Å². The molecule has 0 radical (unpaired) electrons. The Morgan fingerprint density at radius 2 is 1.81 bits per heavy atom. The Morgan fingerprint density at radius 1 is 1.19 bits per heavy atom. The number of carbonyl (C=O) groups excluding carboxylic acids is 1. The second kappa shape index (κ2) is 6.62. The molecule has 1 saturated heterocycles. The van der Waals surface area contributed by atoms with Gasteiger partial charge in [-0.05, 0) is 18.2 Å². The molecule has 0 bridgehead atoms. The first-order valence-corrected chi connectivity index (χ1v) is 9.03. The van der Waals surface area contributed by atoms with Crippen molar-refractivity contribution in [2.75, 3.05) is 39.0 Å². The molecule has 21 heavy (non-hydrogen) atoms. The maximum absolute atomic E-state index is 12.2. The van der Waals surface area contributed by atoms with E-state index >= 15 is 0 Å². The zero-order valence-corrected chi connectivity index (χ0v) is 13.9. The van der Waals surface area contributed by atoms with Crippen molar-refractivity contribution in [1.82, 2.24) is 9.21 Å². The van der Waals surface area contributed by atoms with E-state index in [1.807, 2.05) is 4.90 Å². The number of halogens is 2. The van der Waals surface area contributed by atoms with Gasteiger partial charge in [0.1, 0.15) is 0 Å². The van der Waals surface area contributed by atoms with Crippen molar-refractivity contribution in [1.29, 1.82) is 0 Å². The summed E-state index contributed by atoms with van der Waals surface area (Å²) in [6.07, 6.45) is 1.19. The number of rotatable bonds is 4. The van der Waals surface area contributed by atoms with Gasteiger partial charge >= 0.3 is 0 Å². The molecular formula is C13H16Cl2N2O3S. The molecular weight excluding hydrogens is 335 g/mol. The molecule has 1 heterocycles. The molecule has 1 aliphatic heterocycles. The molecule has 116 valence electrons. The number of sulfonamides is 1. The Hall–Kier alpha value is -0.660. The zero-order valence-electron chi connectivity index (χ0n) is 11.6. The second-order valence-electron chi connectivity index (χ2n) is 4.99. The summed E-state index contributed by atoms with van der Waals surface area (Å²) in [5, 5.41) is 0.837. The van der Waals surface area contributed by atoms with Crippen LogP contribution < -0.4 is 0 Å². The SMILES string of the molecule is CS(=O)(=O)N1CCN(CC(=O)c2cc(Cl)ccc2Cl)CC1. The lowest BCUT2D eigenvalue weighted by atomic mass is 10.1. The Bertz CT molecular complexity index is 641. The number of hydrogen-bond acceptors (Lipinski definition) is 4. The van der Waals surface area contributed by atoms with Gasteiger partial charge in [-0.3, -0.25) is 9.69 Å². The van der Waals surface area contributed by atoms with Crippen molar-refractivity contribution >= 4 is 39.0 Å². The number of hydrogen-bond donors (Lipinski definition) is 0. The maximum atomic E-state index is 12.2. The monoisotopic (exact) mass is 350 g/mol. The number of Topliss-reactive ketones (excluding diaryl/α,β-unsaturated/α-hetero) is 1. The molecule has 0 N–H and O–H groups in total. The summed E-state index contributed by atoms with van der Waals surface area (Å²) in [7, 11) is -3.16. The summed E-state index contributed by atoms with van der Waals surface area (Å²) >= 11 is 11.9. The van der Waals surface area contributed by atoms with E-state index in [0.29, 0.717) is 41.8 Å². The topological polar surface area (TPSA) is 57.7 Å². The van der Waals surface area contributed by atoms with E-state index in [9.17, 15) is 13.2 Å². The molecule has 1 aliphatic rings. The van der Waals surface area contributed by atoms with Crippen molar-refractivity contribution in [2.24, 2.45) is 0 Å². The summed E-state index contributed by atoms with van der Waals surface area (Å²) < 4.78 is 24.3. The van der Waals surface area contributed by atoms with Crippen LogP contribution >= 0.6 is 23.2 Å². The maximum Gasteiger partial charge on any atom is 0.211 e. The minimum Gasteiger partial charge on any atom is -0.293 e. The molecule has 8 heteroatoms. The van der Waals surface area contributed by atoms with Gasteiger partial charge in [0.15, 0.2) is 5.78 Å². The van der Waals surface area contributed by atoms with E-state index in [1.54, 1.807) is 18.2 Å². The minimum atomic E-state index is -3.16. The highest BCUT2D eigenvalue weighted by Crippen LogP contribution is 2.21. The van der Waals surface area contributed by atoms with Crippen LogP contribution in [-0.4, -0.2) is 62.4 Å². The summed E-state index contributed by atoms with van der Waals surface area (Å²) in [5.41, 5.74) is 0.398. The Labute approximate surface area is 134 Å². The smallest absolute Gasteiger partial charge is 0.211 e. The van der Waals surface area contributed by atoms with Crippen molar-refractivity contribution in [3.05, 3.63) is 33.8 Å². The van der Waals surface area contributed by atoms with Crippen LogP contribution in [0.2, 0.25) is 10.0 Å². The lowest BCUT2D eigenvalue weighted by molar-refractivity contribution is 0.0902. The third-order valence-corrected chi connectivity index (χ3v) is 5.26. The van der Waals surface area contributed by atoms with E-state index in [4.69, 9.17) is 23.2 Å². The van der Waals surface area contributed by atoms with Crippen LogP contribution in [0.3, 0.4) is 0 Å². The van der Waals surface area contributed by atoms with Gasteiger partial charge < -0.3 is 0 Å². The third-order valence-electron chi connectivity index (χ3n) is 3.40. The highest BCUT2D eigenvalue weighted by Gasteiger charge is 2.25. The molecule has 1 aromatic carbocycles. The third kappa shape index (κ3) is 4.40. The average Bonchev–Trinajstić information content (AvgIpc) is 2.41. The summed E-state index contributed by atoms with van der Waals surface area (Å²) in [6, 6.07) is 4.78. The molecule has 0 spiro atoms. The Balaban J connectivity index is 1.97. The average molecular weight is 351 g/mol. The van der Waals surface area contributed by atoms with E-state index in [2.05, 4.69) is 0 Å². The number of carbonyl (C=O) groups is 1. The normalized spacial score (nSPS) is 17.9. The van der Waals surface area contributed by atoms with Crippen LogP contribution in [0, 0.1) is 0 Å². The summed E-state index contributed by atoms with van der Waals surface area (Å²) in [4.78, 5) is 14.2. The first kappa shape index (κ1) is 16.7. The van der Waals surface area contributed by atoms with Crippen molar-refractivity contribution in [2.45, 2.75) is 0 Å². The zero-order chi connectivity index (χ0) is 15.6. The van der Waals surface area contributed by atoms with Crippen molar-refractivity contribution < 1.29 is 13.2 Å². The Kier molecular flexibility index (Phi) is 5.27. The quantitative estimate of drug-likeness (QED) is 0.776. The lowest BCUT2D eigenvalue weighted by Crippen LogP contribution is -2.49. The molecule has 0 aliphatic carbocycles. The first-order chi connectivity index (χ1) is 9.77. The van der Waals surface area contributed by atoms with Crippen LogP contribution in [0.25, 0.3) is 0 Å². The molecule has 1 fully saturated rings. The second-order valence-corrected chi connectivity index (χ2v) is 7.81. The first-order valence-electron chi connectivity index (χ1n) is 6.43.